The Labute approximate surface area is 185 Å². The van der Waals surface area contributed by atoms with Crippen LogP contribution in [0.5, 0.6) is 0 Å². The number of carbonyl (C=O) groups is 1. The number of amides is 1. The fourth-order valence-electron chi connectivity index (χ4n) is 2.67. The lowest BCUT2D eigenvalue weighted by molar-refractivity contribution is -0.160. The van der Waals surface area contributed by atoms with E-state index in [-0.39, 0.29) is 11.3 Å². The Bertz CT molecular complexity index is 1080. The number of aromatic nitrogens is 3. The molecule has 3 rings (SSSR count). The highest BCUT2D eigenvalue weighted by atomic mass is 32.2. The summed E-state index contributed by atoms with van der Waals surface area (Å²) in [4.78, 5) is 21.2. The van der Waals surface area contributed by atoms with E-state index in [1.54, 1.807) is 23.1 Å². The maximum atomic E-state index is 11.7. The van der Waals surface area contributed by atoms with Crippen molar-refractivity contribution in [2.24, 2.45) is 10.2 Å². The first-order valence-corrected chi connectivity index (χ1v) is 10.2. The van der Waals surface area contributed by atoms with Gasteiger partial charge in [0.25, 0.3) is 0 Å². The van der Waals surface area contributed by atoms with Gasteiger partial charge in [-0.2, -0.15) is 14.1 Å². The van der Waals surface area contributed by atoms with Crippen LogP contribution in [0.1, 0.15) is 33.3 Å². The topological polar surface area (TPSA) is 103 Å². The molecule has 2 aromatic heterocycles. The minimum atomic E-state index is -0.191. The molecule has 0 saturated carbocycles. The SMILES string of the molecule is COOSc1cnn(-c2ccccn2)c1/N=N/c1cc(C(C)(C)C)ccc1NC(C)=O. The highest BCUT2D eigenvalue weighted by molar-refractivity contribution is 7.94. The monoisotopic (exact) mass is 440 g/mol. The molecule has 0 atom stereocenters. The van der Waals surface area contributed by atoms with E-state index in [1.165, 1.54) is 14.0 Å². The molecule has 2 heterocycles. The van der Waals surface area contributed by atoms with Crippen molar-refractivity contribution in [3.8, 4) is 5.82 Å². The molecule has 1 N–H and O–H groups in total. The second-order valence-corrected chi connectivity index (χ2v) is 8.36. The molecule has 0 aliphatic carbocycles. The number of hydrogen-bond donors (Lipinski definition) is 1. The molecule has 10 heteroatoms. The summed E-state index contributed by atoms with van der Waals surface area (Å²) in [5.74, 6) is 0.796. The summed E-state index contributed by atoms with van der Waals surface area (Å²) in [6, 6.07) is 11.2. The number of azo groups is 1. The van der Waals surface area contributed by atoms with E-state index in [1.807, 2.05) is 30.3 Å². The quantitative estimate of drug-likeness (QED) is 0.224. The zero-order chi connectivity index (χ0) is 22.4. The van der Waals surface area contributed by atoms with Crippen molar-refractivity contribution in [2.45, 2.75) is 38.0 Å². The van der Waals surface area contributed by atoms with Crippen LogP contribution in [0.25, 0.3) is 5.82 Å². The van der Waals surface area contributed by atoms with Crippen molar-refractivity contribution in [2.75, 3.05) is 12.4 Å². The Balaban J connectivity index is 2.07. The predicted octanol–water partition coefficient (Wildman–Crippen LogP) is 5.52. The smallest absolute Gasteiger partial charge is 0.221 e. The van der Waals surface area contributed by atoms with Crippen LogP contribution in [0.3, 0.4) is 0 Å². The third-order valence-electron chi connectivity index (χ3n) is 4.20. The van der Waals surface area contributed by atoms with E-state index in [4.69, 9.17) is 4.33 Å². The van der Waals surface area contributed by atoms with Crippen molar-refractivity contribution >= 4 is 35.1 Å². The van der Waals surface area contributed by atoms with Gasteiger partial charge in [-0.15, -0.1) is 10.2 Å². The van der Waals surface area contributed by atoms with E-state index in [0.717, 1.165) is 17.6 Å². The molecule has 0 saturated heterocycles. The molecule has 1 amide bonds. The van der Waals surface area contributed by atoms with Gasteiger partial charge < -0.3 is 5.32 Å². The Morgan fingerprint density at radius 3 is 2.65 bits per heavy atom. The van der Waals surface area contributed by atoms with Gasteiger partial charge in [-0.25, -0.2) is 9.87 Å². The van der Waals surface area contributed by atoms with E-state index in [0.29, 0.717) is 27.9 Å². The third-order valence-corrected chi connectivity index (χ3v) is 4.87. The highest BCUT2D eigenvalue weighted by Gasteiger charge is 2.18. The Hall–Kier alpha value is -3.08. The van der Waals surface area contributed by atoms with Crippen molar-refractivity contribution in [1.29, 1.82) is 0 Å². The number of benzene rings is 1. The Kier molecular flexibility index (Phi) is 7.16. The second kappa shape index (κ2) is 9.82. The van der Waals surface area contributed by atoms with Crippen LogP contribution in [0.2, 0.25) is 0 Å². The number of rotatable bonds is 7. The van der Waals surface area contributed by atoms with E-state index in [2.05, 4.69) is 51.3 Å². The number of pyridine rings is 1. The number of nitrogens with zero attached hydrogens (tertiary/aromatic N) is 5. The number of hydrogen-bond acceptors (Lipinski definition) is 8. The van der Waals surface area contributed by atoms with Crippen LogP contribution in [0.15, 0.2) is 63.9 Å². The van der Waals surface area contributed by atoms with Crippen LogP contribution < -0.4 is 5.32 Å². The number of anilines is 1. The van der Waals surface area contributed by atoms with Gasteiger partial charge in [-0.3, -0.25) is 4.79 Å². The zero-order valence-electron chi connectivity index (χ0n) is 18.0. The van der Waals surface area contributed by atoms with Crippen molar-refractivity contribution in [3.63, 3.8) is 0 Å². The molecular formula is C21H24N6O3S. The summed E-state index contributed by atoms with van der Waals surface area (Å²) >= 11 is 0.963. The summed E-state index contributed by atoms with van der Waals surface area (Å²) in [5.41, 5.74) is 2.06. The fraction of sp³-hybridized carbons (Fsp3) is 0.286. The van der Waals surface area contributed by atoms with Gasteiger partial charge in [0.15, 0.2) is 11.6 Å². The Morgan fingerprint density at radius 1 is 1.19 bits per heavy atom. The van der Waals surface area contributed by atoms with Gasteiger partial charge in [0, 0.05) is 13.1 Å². The highest BCUT2D eigenvalue weighted by Crippen LogP contribution is 2.36. The summed E-state index contributed by atoms with van der Waals surface area (Å²) in [7, 11) is 1.41. The molecule has 9 nitrogen and oxygen atoms in total. The molecule has 0 spiro atoms. The molecule has 0 aliphatic rings. The number of carbonyl (C=O) groups excluding carboxylic acids is 1. The van der Waals surface area contributed by atoms with Crippen molar-refractivity contribution in [3.05, 3.63) is 54.4 Å². The molecule has 0 fully saturated rings. The normalized spacial score (nSPS) is 11.8. The van der Waals surface area contributed by atoms with Crippen LogP contribution in [0.4, 0.5) is 17.2 Å². The fourth-order valence-corrected chi connectivity index (χ4v) is 3.11. The maximum Gasteiger partial charge on any atom is 0.221 e. The van der Waals surface area contributed by atoms with Crippen LogP contribution in [-0.4, -0.2) is 27.8 Å². The van der Waals surface area contributed by atoms with Crippen LogP contribution >= 0.6 is 12.0 Å². The maximum absolute atomic E-state index is 11.7. The third kappa shape index (κ3) is 5.75. The molecule has 31 heavy (non-hydrogen) atoms. The molecule has 0 radical (unpaired) electrons. The first-order chi connectivity index (χ1) is 14.8. The largest absolute Gasteiger partial charge is 0.324 e. The Morgan fingerprint density at radius 2 is 2.00 bits per heavy atom. The predicted molar refractivity (Wildman–Crippen MR) is 119 cm³/mol. The average Bonchev–Trinajstić information content (AvgIpc) is 3.13. The van der Waals surface area contributed by atoms with E-state index in [9.17, 15) is 4.79 Å². The van der Waals surface area contributed by atoms with Gasteiger partial charge >= 0.3 is 0 Å². The van der Waals surface area contributed by atoms with Crippen LogP contribution in [-0.2, 0) is 19.4 Å². The minimum absolute atomic E-state index is 0.0952. The van der Waals surface area contributed by atoms with E-state index >= 15 is 0 Å². The van der Waals surface area contributed by atoms with Gasteiger partial charge in [0.2, 0.25) is 5.91 Å². The lowest BCUT2D eigenvalue weighted by Gasteiger charge is -2.20. The lowest BCUT2D eigenvalue weighted by atomic mass is 9.86. The van der Waals surface area contributed by atoms with Crippen LogP contribution in [0, 0.1) is 0 Å². The average molecular weight is 441 g/mol. The lowest BCUT2D eigenvalue weighted by Crippen LogP contribution is -2.12. The standard InChI is InChI=1S/C21H24N6O3S/c1-14(28)24-16-10-9-15(21(2,3)4)12-17(16)25-26-20-18(31-30-29-5)13-23-27(20)19-8-6-7-11-22-19/h6-13H,1-5H3,(H,24,28)/b26-25+. The first-order valence-electron chi connectivity index (χ1n) is 9.50. The first kappa shape index (κ1) is 22.6. The minimum Gasteiger partial charge on any atom is -0.324 e. The molecule has 3 aromatic rings. The molecular weight excluding hydrogens is 416 g/mol. The summed E-state index contributed by atoms with van der Waals surface area (Å²) in [5, 5.41) is 16.0. The van der Waals surface area contributed by atoms with Gasteiger partial charge in [-0.05, 0) is 35.2 Å². The van der Waals surface area contributed by atoms with Crippen molar-refractivity contribution < 1.29 is 14.0 Å². The molecule has 0 unspecified atom stereocenters. The number of nitrogens with one attached hydrogen (secondary N) is 1. The summed E-state index contributed by atoms with van der Waals surface area (Å²) < 4.78 is 6.54. The molecule has 1 aromatic carbocycles. The molecule has 0 aliphatic heterocycles. The van der Waals surface area contributed by atoms with Crippen molar-refractivity contribution in [1.82, 2.24) is 14.8 Å². The van der Waals surface area contributed by atoms with Gasteiger partial charge in [0.05, 0.1) is 31.0 Å². The molecule has 162 valence electrons. The second-order valence-electron chi connectivity index (χ2n) is 7.61. The van der Waals surface area contributed by atoms with Gasteiger partial charge in [0.1, 0.15) is 10.6 Å². The summed E-state index contributed by atoms with van der Waals surface area (Å²) in [6.45, 7) is 7.77. The zero-order valence-corrected chi connectivity index (χ0v) is 18.8. The van der Waals surface area contributed by atoms with E-state index < -0.39 is 0 Å². The van der Waals surface area contributed by atoms with Gasteiger partial charge in [-0.1, -0.05) is 32.9 Å². The summed E-state index contributed by atoms with van der Waals surface area (Å²) in [6.07, 6.45) is 3.26. The molecule has 0 bridgehead atoms.